The summed E-state index contributed by atoms with van der Waals surface area (Å²) in [7, 11) is 2.15. The van der Waals surface area contributed by atoms with Crippen molar-refractivity contribution in [2.45, 2.75) is 30.8 Å². The Balaban J connectivity index is 1.25. The Hall–Kier alpha value is -2.57. The van der Waals surface area contributed by atoms with E-state index < -0.39 is 0 Å². The zero-order valence-corrected chi connectivity index (χ0v) is 17.7. The highest BCUT2D eigenvalue weighted by molar-refractivity contribution is 8.14. The van der Waals surface area contributed by atoms with E-state index in [1.807, 2.05) is 18.2 Å². The fourth-order valence-corrected chi connectivity index (χ4v) is 5.75. The summed E-state index contributed by atoms with van der Waals surface area (Å²) in [6.45, 7) is 0.833. The van der Waals surface area contributed by atoms with Gasteiger partial charge in [-0.15, -0.1) is 0 Å². The highest BCUT2D eigenvalue weighted by Crippen LogP contribution is 2.42. The molecule has 0 radical (unpaired) electrons. The Bertz CT molecular complexity index is 1090. The van der Waals surface area contributed by atoms with Crippen LogP contribution in [0.25, 0.3) is 10.9 Å². The molecule has 1 fully saturated rings. The van der Waals surface area contributed by atoms with E-state index in [4.69, 9.17) is 0 Å². The van der Waals surface area contributed by atoms with Gasteiger partial charge in [-0.3, -0.25) is 9.59 Å². The number of likely N-dealkylation sites (N-methyl/N-ethyl adjacent to an activating group) is 1. The van der Waals surface area contributed by atoms with Gasteiger partial charge in [-0.2, -0.15) is 0 Å². The predicted octanol–water partition coefficient (Wildman–Crippen LogP) is 3.57. The molecule has 1 aliphatic heterocycles. The van der Waals surface area contributed by atoms with E-state index >= 15 is 0 Å². The van der Waals surface area contributed by atoms with Crippen molar-refractivity contribution in [3.63, 3.8) is 0 Å². The van der Waals surface area contributed by atoms with Crippen molar-refractivity contribution < 1.29 is 9.59 Å². The molecule has 0 spiro atoms. The van der Waals surface area contributed by atoms with Gasteiger partial charge in [0.2, 0.25) is 11.0 Å². The van der Waals surface area contributed by atoms with Gasteiger partial charge in [0, 0.05) is 47.2 Å². The molecule has 1 amide bonds. The maximum atomic E-state index is 12.6. The third-order valence-corrected chi connectivity index (χ3v) is 7.34. The van der Waals surface area contributed by atoms with E-state index in [0.29, 0.717) is 17.5 Å². The number of fused-ring (bicyclic) bond motifs is 2. The zero-order chi connectivity index (χ0) is 20.7. The summed E-state index contributed by atoms with van der Waals surface area (Å²) in [4.78, 5) is 30.6. The minimum atomic E-state index is -0.0718. The van der Waals surface area contributed by atoms with Gasteiger partial charge in [-0.05, 0) is 37.1 Å². The molecular weight excluding hydrogens is 394 g/mol. The van der Waals surface area contributed by atoms with Crippen molar-refractivity contribution in [1.82, 2.24) is 15.2 Å². The number of aromatic amines is 1. The summed E-state index contributed by atoms with van der Waals surface area (Å²) in [6, 6.07) is 16.2. The van der Waals surface area contributed by atoms with Crippen LogP contribution in [-0.4, -0.2) is 52.3 Å². The average molecular weight is 420 g/mol. The topological polar surface area (TPSA) is 65.2 Å². The Morgan fingerprint density at radius 1 is 1.17 bits per heavy atom. The van der Waals surface area contributed by atoms with Gasteiger partial charge in [-0.1, -0.05) is 54.2 Å². The van der Waals surface area contributed by atoms with Crippen LogP contribution in [-0.2, 0) is 11.2 Å². The van der Waals surface area contributed by atoms with Crippen LogP contribution < -0.4 is 5.32 Å². The lowest BCUT2D eigenvalue weighted by Gasteiger charge is -2.45. The van der Waals surface area contributed by atoms with Crippen molar-refractivity contribution in [3.05, 3.63) is 71.4 Å². The second-order valence-corrected chi connectivity index (χ2v) is 9.29. The van der Waals surface area contributed by atoms with Crippen LogP contribution >= 0.6 is 11.8 Å². The summed E-state index contributed by atoms with van der Waals surface area (Å²) in [5.74, 6) is 0.483. The number of aromatic nitrogens is 1. The predicted molar refractivity (Wildman–Crippen MR) is 121 cm³/mol. The van der Waals surface area contributed by atoms with Crippen LogP contribution in [0.1, 0.15) is 33.8 Å². The van der Waals surface area contributed by atoms with Crippen LogP contribution in [0.5, 0.6) is 0 Å². The van der Waals surface area contributed by atoms with Gasteiger partial charge in [-0.25, -0.2) is 0 Å². The Morgan fingerprint density at radius 2 is 2.00 bits per heavy atom. The molecule has 3 aromatic rings. The molecule has 6 heteroatoms. The first-order valence-corrected chi connectivity index (χ1v) is 11.4. The minimum Gasteiger partial charge on any atom is -0.361 e. The largest absolute Gasteiger partial charge is 0.361 e. The van der Waals surface area contributed by atoms with E-state index in [1.54, 1.807) is 12.1 Å². The number of hydrogen-bond acceptors (Lipinski definition) is 4. The first-order valence-electron chi connectivity index (χ1n) is 10.4. The van der Waals surface area contributed by atoms with Gasteiger partial charge in [0.15, 0.2) is 0 Å². The standard InChI is InChI=1S/C24H25N3O2S/c1-27-13-17(26-22(28)14-30-24(29)15-6-3-2-4-7-15)11-19-18-8-5-9-20-23(18)16(12-25-20)10-21(19)27/h2-9,12,17,19,21,25H,10-11,13-14H2,1H3,(H,26,28). The molecule has 2 N–H and O–H groups in total. The summed E-state index contributed by atoms with van der Waals surface area (Å²) in [5.41, 5.74) is 4.62. The first kappa shape index (κ1) is 19.4. The Labute approximate surface area is 180 Å². The number of piperidine rings is 1. The molecule has 0 saturated carbocycles. The number of hydrogen-bond donors (Lipinski definition) is 2. The number of carbonyl (C=O) groups excluding carboxylic acids is 2. The first-order chi connectivity index (χ1) is 14.6. The van der Waals surface area contributed by atoms with Crippen LogP contribution in [0, 0.1) is 0 Å². The van der Waals surface area contributed by atoms with Gasteiger partial charge >= 0.3 is 0 Å². The van der Waals surface area contributed by atoms with Gasteiger partial charge in [0.25, 0.3) is 0 Å². The molecule has 3 atom stereocenters. The number of amides is 1. The molecule has 1 saturated heterocycles. The summed E-state index contributed by atoms with van der Waals surface area (Å²) in [6.07, 6.45) is 4.12. The smallest absolute Gasteiger partial charge is 0.230 e. The molecule has 5 rings (SSSR count). The molecule has 0 bridgehead atoms. The van der Waals surface area contributed by atoms with Crippen molar-refractivity contribution >= 4 is 33.7 Å². The molecule has 3 unspecified atom stereocenters. The molecule has 2 aromatic carbocycles. The molecule has 154 valence electrons. The van der Waals surface area contributed by atoms with Gasteiger partial charge in [0.05, 0.1) is 5.75 Å². The van der Waals surface area contributed by atoms with Crippen molar-refractivity contribution in [2.75, 3.05) is 19.3 Å². The number of carbonyl (C=O) groups is 2. The molecule has 5 nitrogen and oxygen atoms in total. The fourth-order valence-electron chi connectivity index (χ4n) is 5.10. The van der Waals surface area contributed by atoms with Gasteiger partial charge in [0.1, 0.15) is 0 Å². The number of H-pyrrole nitrogens is 1. The Morgan fingerprint density at radius 3 is 2.83 bits per heavy atom. The van der Waals surface area contributed by atoms with E-state index in [2.05, 4.69) is 46.6 Å². The van der Waals surface area contributed by atoms with Gasteiger partial charge < -0.3 is 15.2 Å². The van der Waals surface area contributed by atoms with Crippen LogP contribution in [0.3, 0.4) is 0 Å². The number of benzene rings is 2. The van der Waals surface area contributed by atoms with E-state index in [1.165, 1.54) is 22.0 Å². The number of nitrogens with one attached hydrogen (secondary N) is 2. The lowest BCUT2D eigenvalue weighted by Crippen LogP contribution is -2.55. The maximum absolute atomic E-state index is 12.6. The SMILES string of the molecule is CN1CC(NC(=O)CSC(=O)c2ccccc2)CC2c3cccc4[nH]cc(c34)CC21. The van der Waals surface area contributed by atoms with Crippen molar-refractivity contribution in [1.29, 1.82) is 0 Å². The van der Waals surface area contributed by atoms with E-state index in [-0.39, 0.29) is 22.8 Å². The van der Waals surface area contributed by atoms with E-state index in [9.17, 15) is 9.59 Å². The summed E-state index contributed by atoms with van der Waals surface area (Å²) < 4.78 is 0. The van der Waals surface area contributed by atoms with Crippen molar-refractivity contribution in [3.8, 4) is 0 Å². The highest BCUT2D eigenvalue weighted by Gasteiger charge is 2.39. The quantitative estimate of drug-likeness (QED) is 0.679. The molecule has 1 aromatic heterocycles. The number of thioether (sulfide) groups is 1. The second-order valence-electron chi connectivity index (χ2n) is 8.34. The number of rotatable bonds is 4. The minimum absolute atomic E-state index is 0.0643. The fraction of sp³-hybridized carbons (Fsp3) is 0.333. The van der Waals surface area contributed by atoms with Crippen LogP contribution in [0.4, 0.5) is 0 Å². The molecule has 1 aliphatic carbocycles. The number of nitrogens with zero attached hydrogens (tertiary/aromatic N) is 1. The van der Waals surface area contributed by atoms with Crippen LogP contribution in [0.15, 0.2) is 54.7 Å². The second kappa shape index (κ2) is 7.93. The highest BCUT2D eigenvalue weighted by atomic mass is 32.2. The number of likely N-dealkylation sites (tertiary alicyclic amines) is 1. The zero-order valence-electron chi connectivity index (χ0n) is 16.9. The Kier molecular flexibility index (Phi) is 5.13. The maximum Gasteiger partial charge on any atom is 0.230 e. The lowest BCUT2D eigenvalue weighted by molar-refractivity contribution is -0.119. The molecule has 2 heterocycles. The summed E-state index contributed by atoms with van der Waals surface area (Å²) in [5, 5.41) is 4.48. The monoisotopic (exact) mass is 419 g/mol. The lowest BCUT2D eigenvalue weighted by atomic mass is 9.74. The van der Waals surface area contributed by atoms with E-state index in [0.717, 1.165) is 31.1 Å². The van der Waals surface area contributed by atoms with Crippen molar-refractivity contribution in [2.24, 2.45) is 0 Å². The summed E-state index contributed by atoms with van der Waals surface area (Å²) >= 11 is 1.07. The third kappa shape index (κ3) is 3.55. The average Bonchev–Trinajstić information content (AvgIpc) is 3.18. The normalized spacial score (nSPS) is 23.2. The molecule has 30 heavy (non-hydrogen) atoms. The molecule has 2 aliphatic rings. The van der Waals surface area contributed by atoms with Crippen LogP contribution in [0.2, 0.25) is 0 Å². The molecular formula is C24H25N3O2S. The third-order valence-electron chi connectivity index (χ3n) is 6.43.